The number of anilines is 1. The van der Waals surface area contributed by atoms with E-state index in [1.165, 1.54) is 0 Å². The van der Waals surface area contributed by atoms with Gasteiger partial charge in [0.05, 0.1) is 12.7 Å². The van der Waals surface area contributed by atoms with Gasteiger partial charge in [0, 0.05) is 19.2 Å². The predicted octanol–water partition coefficient (Wildman–Crippen LogP) is 2.52. The second kappa shape index (κ2) is 9.71. The molecular formula is C26H29N7O2. The van der Waals surface area contributed by atoms with Crippen LogP contribution in [0.2, 0.25) is 0 Å². The van der Waals surface area contributed by atoms with E-state index in [9.17, 15) is 9.59 Å². The molecule has 5 rings (SSSR count). The molecule has 0 radical (unpaired) electrons. The number of amides is 1. The lowest BCUT2D eigenvalue weighted by molar-refractivity contribution is 0.0963. The number of aromatic amines is 1. The molecule has 0 spiro atoms. The molecule has 1 aliphatic rings. The third-order valence-electron chi connectivity index (χ3n) is 6.66. The van der Waals surface area contributed by atoms with Gasteiger partial charge in [0.2, 0.25) is 5.95 Å². The Morgan fingerprint density at radius 2 is 2.09 bits per heavy atom. The first-order valence-electron chi connectivity index (χ1n) is 11.8. The van der Waals surface area contributed by atoms with Crippen LogP contribution in [0.1, 0.15) is 27.9 Å². The number of fused-ring (bicyclic) bond motifs is 1. The van der Waals surface area contributed by atoms with Crippen LogP contribution >= 0.6 is 0 Å². The van der Waals surface area contributed by atoms with Crippen molar-refractivity contribution in [3.8, 4) is 11.1 Å². The molecule has 0 aliphatic carbocycles. The molecular weight excluding hydrogens is 442 g/mol. The minimum absolute atomic E-state index is 0.126. The Kier molecular flexibility index (Phi) is 6.33. The van der Waals surface area contributed by atoms with E-state index >= 15 is 0 Å². The van der Waals surface area contributed by atoms with Crippen LogP contribution in [-0.4, -0.2) is 52.1 Å². The Hall–Kier alpha value is -3.98. The summed E-state index contributed by atoms with van der Waals surface area (Å²) in [5.41, 5.74) is 5.57. The molecule has 2 aromatic carbocycles. The molecule has 1 atom stereocenters. The highest BCUT2D eigenvalue weighted by atomic mass is 16.2. The van der Waals surface area contributed by atoms with Crippen LogP contribution in [0.3, 0.4) is 0 Å². The van der Waals surface area contributed by atoms with E-state index < -0.39 is 0 Å². The fourth-order valence-corrected chi connectivity index (χ4v) is 4.61. The molecule has 2 aromatic heterocycles. The Bertz CT molecular complexity index is 1430. The standard InChI is InChI=1S/C26H29N7O2/c1-16-20(7-4-8-21(16)18-5-3-6-19(11-18)24(34)27-2)15-33-23-22(31-26(33)35)14-30-25(32-23)29-13-17-9-10-28-12-17/h3-8,11,14,17,28H,9-10,12-13,15H2,1-2H3,(H,27,34)(H,31,35)(H,29,30,32)/t17-/m1/s1. The minimum Gasteiger partial charge on any atom is -0.355 e. The molecule has 4 N–H and O–H groups in total. The van der Waals surface area contributed by atoms with Crippen molar-refractivity contribution in [2.75, 3.05) is 32.0 Å². The molecule has 1 fully saturated rings. The topological polar surface area (TPSA) is 117 Å². The molecule has 1 saturated heterocycles. The summed E-state index contributed by atoms with van der Waals surface area (Å²) < 4.78 is 1.65. The van der Waals surface area contributed by atoms with Crippen LogP contribution in [0.4, 0.5) is 5.95 Å². The fourth-order valence-electron chi connectivity index (χ4n) is 4.61. The maximum absolute atomic E-state index is 12.8. The van der Waals surface area contributed by atoms with E-state index in [-0.39, 0.29) is 11.6 Å². The third-order valence-corrected chi connectivity index (χ3v) is 6.66. The molecule has 4 aromatic rings. The van der Waals surface area contributed by atoms with Crippen molar-refractivity contribution < 1.29 is 4.79 Å². The van der Waals surface area contributed by atoms with Crippen LogP contribution < -0.4 is 21.6 Å². The smallest absolute Gasteiger partial charge is 0.328 e. The summed E-state index contributed by atoms with van der Waals surface area (Å²) in [6.45, 7) is 5.23. The fraction of sp³-hybridized carbons (Fsp3) is 0.308. The van der Waals surface area contributed by atoms with Gasteiger partial charge in [0.25, 0.3) is 5.91 Å². The number of hydrogen-bond donors (Lipinski definition) is 4. The minimum atomic E-state index is -0.224. The molecule has 1 amide bonds. The summed E-state index contributed by atoms with van der Waals surface area (Å²) >= 11 is 0. The van der Waals surface area contributed by atoms with Gasteiger partial charge in [-0.2, -0.15) is 4.98 Å². The normalized spacial score (nSPS) is 15.4. The lowest BCUT2D eigenvalue weighted by Gasteiger charge is -2.13. The highest BCUT2D eigenvalue weighted by Crippen LogP contribution is 2.27. The molecule has 0 bridgehead atoms. The van der Waals surface area contributed by atoms with E-state index in [0.717, 1.165) is 48.3 Å². The molecule has 9 nitrogen and oxygen atoms in total. The molecule has 1 aliphatic heterocycles. The number of aromatic nitrogens is 4. The number of benzene rings is 2. The lowest BCUT2D eigenvalue weighted by atomic mass is 9.95. The summed E-state index contributed by atoms with van der Waals surface area (Å²) in [6.07, 6.45) is 2.79. The van der Waals surface area contributed by atoms with E-state index in [4.69, 9.17) is 0 Å². The molecule has 180 valence electrons. The van der Waals surface area contributed by atoms with Gasteiger partial charge in [-0.15, -0.1) is 0 Å². The average Bonchev–Trinajstić information content (AvgIpc) is 3.51. The SMILES string of the molecule is CNC(=O)c1cccc(-c2cccc(Cn3c(=O)[nH]c4cnc(NC[C@@H]5CCNC5)nc43)c2C)c1. The molecule has 3 heterocycles. The second-order valence-corrected chi connectivity index (χ2v) is 8.94. The average molecular weight is 472 g/mol. The summed E-state index contributed by atoms with van der Waals surface area (Å²) in [5.74, 6) is 0.947. The van der Waals surface area contributed by atoms with Crippen molar-refractivity contribution in [2.24, 2.45) is 5.92 Å². The summed E-state index contributed by atoms with van der Waals surface area (Å²) in [7, 11) is 1.62. The number of carbonyl (C=O) groups is 1. The maximum Gasteiger partial charge on any atom is 0.328 e. The van der Waals surface area contributed by atoms with Crippen LogP contribution in [0.5, 0.6) is 0 Å². The van der Waals surface area contributed by atoms with E-state index in [1.807, 2.05) is 43.3 Å². The van der Waals surface area contributed by atoms with Gasteiger partial charge < -0.3 is 20.9 Å². The lowest BCUT2D eigenvalue weighted by Crippen LogP contribution is -2.19. The first kappa shape index (κ1) is 22.8. The first-order valence-corrected chi connectivity index (χ1v) is 11.8. The zero-order valence-corrected chi connectivity index (χ0v) is 19.9. The van der Waals surface area contributed by atoms with Gasteiger partial charge in [-0.3, -0.25) is 9.36 Å². The van der Waals surface area contributed by atoms with Gasteiger partial charge in [-0.25, -0.2) is 9.78 Å². The van der Waals surface area contributed by atoms with Crippen LogP contribution in [0.15, 0.2) is 53.5 Å². The molecule has 35 heavy (non-hydrogen) atoms. The Morgan fingerprint density at radius 1 is 1.23 bits per heavy atom. The van der Waals surface area contributed by atoms with Gasteiger partial charge in [-0.1, -0.05) is 30.3 Å². The first-order chi connectivity index (χ1) is 17.0. The third kappa shape index (κ3) is 4.67. The van der Waals surface area contributed by atoms with Crippen LogP contribution in [0.25, 0.3) is 22.3 Å². The van der Waals surface area contributed by atoms with E-state index in [1.54, 1.807) is 23.9 Å². The quantitative estimate of drug-likeness (QED) is 0.329. The van der Waals surface area contributed by atoms with Crippen LogP contribution in [0, 0.1) is 12.8 Å². The predicted molar refractivity (Wildman–Crippen MR) is 137 cm³/mol. The Balaban J connectivity index is 1.45. The van der Waals surface area contributed by atoms with Crippen molar-refractivity contribution in [2.45, 2.75) is 19.9 Å². The summed E-state index contributed by atoms with van der Waals surface area (Å²) in [5, 5.41) is 9.34. The van der Waals surface area contributed by atoms with Crippen molar-refractivity contribution in [3.63, 3.8) is 0 Å². The largest absolute Gasteiger partial charge is 0.355 e. The van der Waals surface area contributed by atoms with Gasteiger partial charge in [0.15, 0.2) is 5.65 Å². The Morgan fingerprint density at radius 3 is 2.89 bits per heavy atom. The van der Waals surface area contributed by atoms with Crippen LogP contribution in [-0.2, 0) is 6.54 Å². The maximum atomic E-state index is 12.8. The number of hydrogen-bond acceptors (Lipinski definition) is 6. The van der Waals surface area contributed by atoms with Gasteiger partial charge in [-0.05, 0) is 66.7 Å². The van der Waals surface area contributed by atoms with E-state index in [0.29, 0.717) is 35.1 Å². The number of imidazole rings is 1. The van der Waals surface area contributed by atoms with Gasteiger partial charge in [0.1, 0.15) is 5.52 Å². The van der Waals surface area contributed by atoms with Crippen molar-refractivity contribution in [3.05, 3.63) is 75.8 Å². The molecule has 0 saturated carbocycles. The zero-order valence-electron chi connectivity index (χ0n) is 19.9. The summed E-state index contributed by atoms with van der Waals surface area (Å²) in [4.78, 5) is 36.8. The summed E-state index contributed by atoms with van der Waals surface area (Å²) in [6, 6.07) is 13.6. The monoisotopic (exact) mass is 471 g/mol. The highest BCUT2D eigenvalue weighted by Gasteiger charge is 2.16. The zero-order chi connectivity index (χ0) is 24.4. The highest BCUT2D eigenvalue weighted by molar-refractivity contribution is 5.95. The number of H-pyrrole nitrogens is 1. The second-order valence-electron chi connectivity index (χ2n) is 8.94. The number of rotatable bonds is 7. The van der Waals surface area contributed by atoms with Crippen molar-refractivity contribution >= 4 is 23.0 Å². The number of nitrogens with one attached hydrogen (secondary N) is 4. The number of carbonyl (C=O) groups excluding carboxylic acids is 1. The molecule has 0 unspecified atom stereocenters. The van der Waals surface area contributed by atoms with E-state index in [2.05, 4.69) is 30.9 Å². The van der Waals surface area contributed by atoms with Gasteiger partial charge >= 0.3 is 5.69 Å². The van der Waals surface area contributed by atoms with Crippen molar-refractivity contribution in [1.82, 2.24) is 30.2 Å². The number of nitrogens with zero attached hydrogens (tertiary/aromatic N) is 3. The Labute approximate surface area is 203 Å². The van der Waals surface area contributed by atoms with Crippen molar-refractivity contribution in [1.29, 1.82) is 0 Å². The molecule has 9 heteroatoms.